The molecular weight excluding hydrogens is 474 g/mol. The SMILES string of the molecule is CC(C)COC(=O)c1cc(C(=O)OCC(C)C)cc(S(=O)(=O)O)c1.[BaH2]. The van der Waals surface area contributed by atoms with Crippen LogP contribution in [-0.4, -0.2) is 87.0 Å². The van der Waals surface area contributed by atoms with Crippen molar-refractivity contribution in [2.45, 2.75) is 32.6 Å². The molecule has 0 heterocycles. The van der Waals surface area contributed by atoms with Gasteiger partial charge in [-0.2, -0.15) is 8.42 Å². The third kappa shape index (κ3) is 8.72. The van der Waals surface area contributed by atoms with Gasteiger partial charge in [-0.3, -0.25) is 4.55 Å². The maximum atomic E-state index is 12.0. The average molecular weight is 498 g/mol. The number of esters is 2. The minimum absolute atomic E-state index is 0. The Labute approximate surface area is 188 Å². The van der Waals surface area contributed by atoms with Crippen LogP contribution in [0, 0.1) is 11.8 Å². The van der Waals surface area contributed by atoms with Gasteiger partial charge in [0.05, 0.1) is 29.2 Å². The standard InChI is InChI=1S/C16H22O7S.Ba.2H/c1-10(2)8-22-15(17)12-5-13(16(18)23-9-11(3)4)7-14(6-12)24(19,20)21;;;/h5-7,10-11H,8-9H2,1-4H3,(H,19,20,21);;;. The Morgan fingerprint density at radius 3 is 1.56 bits per heavy atom. The van der Waals surface area contributed by atoms with Crippen LogP contribution in [0.15, 0.2) is 23.1 Å². The summed E-state index contributed by atoms with van der Waals surface area (Å²) in [4.78, 5) is 23.5. The molecule has 0 saturated carbocycles. The summed E-state index contributed by atoms with van der Waals surface area (Å²) in [6.07, 6.45) is 0. The van der Waals surface area contributed by atoms with Crippen LogP contribution in [-0.2, 0) is 19.6 Å². The van der Waals surface area contributed by atoms with Gasteiger partial charge in [0.1, 0.15) is 0 Å². The average Bonchev–Trinajstić information content (AvgIpc) is 2.48. The summed E-state index contributed by atoms with van der Waals surface area (Å²) in [7, 11) is -4.59. The zero-order valence-corrected chi connectivity index (χ0v) is 14.9. The number of rotatable bonds is 7. The van der Waals surface area contributed by atoms with Crippen molar-refractivity contribution >= 4 is 70.9 Å². The van der Waals surface area contributed by atoms with Crippen molar-refractivity contribution in [2.24, 2.45) is 11.8 Å². The second kappa shape index (κ2) is 10.7. The van der Waals surface area contributed by atoms with Gasteiger partial charge in [0.15, 0.2) is 0 Å². The molecule has 1 N–H and O–H groups in total. The molecule has 0 radical (unpaired) electrons. The molecule has 1 aromatic carbocycles. The van der Waals surface area contributed by atoms with Crippen LogP contribution in [0.1, 0.15) is 48.4 Å². The first kappa shape index (κ1) is 24.6. The zero-order chi connectivity index (χ0) is 18.5. The minimum atomic E-state index is -4.59. The normalized spacial score (nSPS) is 11.2. The van der Waals surface area contributed by atoms with Crippen molar-refractivity contribution < 1.29 is 32.0 Å². The first-order chi connectivity index (χ1) is 11.0. The fraction of sp³-hybridized carbons (Fsp3) is 0.500. The van der Waals surface area contributed by atoms with E-state index in [0.717, 1.165) is 12.1 Å². The second-order valence-corrected chi connectivity index (χ2v) is 7.63. The number of hydrogen-bond donors (Lipinski definition) is 1. The number of carbonyl (C=O) groups excluding carboxylic acids is 2. The summed E-state index contributed by atoms with van der Waals surface area (Å²) in [5.41, 5.74) is -0.301. The first-order valence-electron chi connectivity index (χ1n) is 7.47. The quantitative estimate of drug-likeness (QED) is 0.347. The van der Waals surface area contributed by atoms with Gasteiger partial charge >= 0.3 is 60.8 Å². The molecule has 0 aromatic heterocycles. The summed E-state index contributed by atoms with van der Waals surface area (Å²) < 4.78 is 42.0. The Hall–Kier alpha value is -0.359. The molecule has 0 amide bonds. The number of ether oxygens (including phenoxy) is 2. The molecule has 0 bridgehead atoms. The second-order valence-electron chi connectivity index (χ2n) is 6.21. The molecule has 7 nitrogen and oxygen atoms in total. The van der Waals surface area contributed by atoms with Crippen molar-refractivity contribution in [1.29, 1.82) is 0 Å². The monoisotopic (exact) mass is 498 g/mol. The van der Waals surface area contributed by atoms with Crippen molar-refractivity contribution in [3.63, 3.8) is 0 Å². The first-order valence-corrected chi connectivity index (χ1v) is 8.91. The molecule has 0 atom stereocenters. The van der Waals surface area contributed by atoms with Crippen LogP contribution >= 0.6 is 0 Å². The van der Waals surface area contributed by atoms with Gasteiger partial charge in [0.25, 0.3) is 10.1 Å². The summed E-state index contributed by atoms with van der Waals surface area (Å²) in [6, 6.07) is 3.09. The van der Waals surface area contributed by atoms with E-state index in [1.54, 1.807) is 0 Å². The topological polar surface area (TPSA) is 107 Å². The van der Waals surface area contributed by atoms with Gasteiger partial charge in [-0.25, -0.2) is 9.59 Å². The maximum absolute atomic E-state index is 12.0. The van der Waals surface area contributed by atoms with Gasteiger partial charge < -0.3 is 9.47 Å². The van der Waals surface area contributed by atoms with E-state index < -0.39 is 27.0 Å². The van der Waals surface area contributed by atoms with Crippen molar-refractivity contribution in [2.75, 3.05) is 13.2 Å². The Morgan fingerprint density at radius 2 is 1.28 bits per heavy atom. The van der Waals surface area contributed by atoms with Gasteiger partial charge in [0, 0.05) is 0 Å². The van der Waals surface area contributed by atoms with Crippen molar-refractivity contribution in [3.8, 4) is 0 Å². The van der Waals surface area contributed by atoms with Crippen molar-refractivity contribution in [1.82, 2.24) is 0 Å². The van der Waals surface area contributed by atoms with E-state index >= 15 is 0 Å². The molecule has 1 rings (SSSR count). The molecule has 138 valence electrons. The Bertz CT molecular complexity index is 669. The number of carbonyl (C=O) groups is 2. The van der Waals surface area contributed by atoms with E-state index in [4.69, 9.17) is 9.47 Å². The Morgan fingerprint density at radius 1 is 0.920 bits per heavy atom. The van der Waals surface area contributed by atoms with Gasteiger partial charge in [-0.05, 0) is 30.0 Å². The molecule has 1 aromatic rings. The predicted octanol–water partition coefficient (Wildman–Crippen LogP) is 1.64. The Kier molecular flexibility index (Phi) is 10.6. The van der Waals surface area contributed by atoms with E-state index in [-0.39, 0.29) is 85.1 Å². The molecular formula is C16H24BaO7S. The van der Waals surface area contributed by atoms with E-state index in [2.05, 4.69) is 0 Å². The van der Waals surface area contributed by atoms with Crippen LogP contribution in [0.3, 0.4) is 0 Å². The summed E-state index contributed by atoms with van der Waals surface area (Å²) in [5.74, 6) is -1.39. The van der Waals surface area contributed by atoms with E-state index in [9.17, 15) is 22.6 Å². The molecule has 25 heavy (non-hydrogen) atoms. The molecule has 0 aliphatic rings. The van der Waals surface area contributed by atoms with Gasteiger partial charge in [-0.15, -0.1) is 0 Å². The molecule has 9 heteroatoms. The fourth-order valence-electron chi connectivity index (χ4n) is 1.64. The fourth-order valence-corrected chi connectivity index (χ4v) is 2.19. The Balaban J connectivity index is 0.00000576. The molecule has 0 spiro atoms. The third-order valence-electron chi connectivity index (χ3n) is 2.77. The molecule has 0 fully saturated rings. The summed E-state index contributed by atoms with van der Waals surface area (Å²) in [6.45, 7) is 7.66. The van der Waals surface area contributed by atoms with Crippen LogP contribution in [0.2, 0.25) is 0 Å². The third-order valence-corrected chi connectivity index (χ3v) is 3.60. The number of hydrogen-bond acceptors (Lipinski definition) is 6. The number of benzene rings is 1. The van der Waals surface area contributed by atoms with Crippen LogP contribution in [0.25, 0.3) is 0 Å². The van der Waals surface area contributed by atoms with Gasteiger partial charge in [-0.1, -0.05) is 27.7 Å². The van der Waals surface area contributed by atoms with Crippen LogP contribution in [0.5, 0.6) is 0 Å². The molecule has 0 aliphatic carbocycles. The summed E-state index contributed by atoms with van der Waals surface area (Å²) >= 11 is 0. The van der Waals surface area contributed by atoms with E-state index in [0.29, 0.717) is 0 Å². The van der Waals surface area contributed by atoms with Crippen LogP contribution in [0.4, 0.5) is 0 Å². The molecule has 0 saturated heterocycles. The zero-order valence-electron chi connectivity index (χ0n) is 14.1. The predicted molar refractivity (Wildman–Crippen MR) is 95.0 cm³/mol. The van der Waals surface area contributed by atoms with Crippen molar-refractivity contribution in [3.05, 3.63) is 29.3 Å². The van der Waals surface area contributed by atoms with E-state index in [1.165, 1.54) is 6.07 Å². The van der Waals surface area contributed by atoms with Gasteiger partial charge in [0.2, 0.25) is 0 Å². The van der Waals surface area contributed by atoms with E-state index in [1.807, 2.05) is 27.7 Å². The van der Waals surface area contributed by atoms with Crippen LogP contribution < -0.4 is 0 Å². The molecule has 0 aliphatic heterocycles. The summed E-state index contributed by atoms with van der Waals surface area (Å²) in [5, 5.41) is 0. The molecule has 0 unspecified atom stereocenters.